The minimum atomic E-state index is 0.0294. The van der Waals surface area contributed by atoms with Crippen LogP contribution < -0.4 is 9.47 Å². The minimum Gasteiger partial charge on any atom is -0.497 e. The van der Waals surface area contributed by atoms with Gasteiger partial charge >= 0.3 is 0 Å². The molecule has 0 aliphatic rings. The highest BCUT2D eigenvalue weighted by Crippen LogP contribution is 2.31. The van der Waals surface area contributed by atoms with Crippen molar-refractivity contribution in [3.63, 3.8) is 0 Å². The zero-order chi connectivity index (χ0) is 13.8. The number of ketones is 1. The molecule has 0 N–H and O–H groups in total. The maximum atomic E-state index is 11.0. The predicted octanol–water partition coefficient (Wildman–Crippen LogP) is 3.46. The van der Waals surface area contributed by atoms with Crippen molar-refractivity contribution >= 4 is 22.6 Å². The first-order valence-electron chi connectivity index (χ1n) is 5.98. The smallest absolute Gasteiger partial charge is 0.152 e. The highest BCUT2D eigenvalue weighted by molar-refractivity contribution is 5.94. The fraction of sp³-hybridized carbons (Fsp3) is 0.188. The Kier molecular flexibility index (Phi) is 3.85. The van der Waals surface area contributed by atoms with Crippen LogP contribution in [0, 0.1) is 0 Å². The van der Waals surface area contributed by atoms with Gasteiger partial charge in [0.05, 0.1) is 14.2 Å². The topological polar surface area (TPSA) is 35.5 Å². The van der Waals surface area contributed by atoms with E-state index in [1.54, 1.807) is 26.4 Å². The first-order valence-corrected chi connectivity index (χ1v) is 5.98. The molecule has 0 atom stereocenters. The zero-order valence-corrected chi connectivity index (χ0v) is 11.3. The van der Waals surface area contributed by atoms with E-state index in [1.807, 2.05) is 30.3 Å². The Labute approximate surface area is 112 Å². The second-order valence-corrected chi connectivity index (χ2v) is 4.25. The molecule has 0 bridgehead atoms. The van der Waals surface area contributed by atoms with E-state index in [2.05, 4.69) is 0 Å². The number of ether oxygens (including phenoxy) is 2. The minimum absolute atomic E-state index is 0.0294. The summed E-state index contributed by atoms with van der Waals surface area (Å²) in [5, 5.41) is 2.03. The molecule has 0 amide bonds. The standard InChI is InChI=1S/C16H16O3/c1-11(17)4-5-12-6-7-13-9-14(18-2)10-16(19-3)15(13)8-12/h4-10H,1-3H3. The lowest BCUT2D eigenvalue weighted by atomic mass is 10.0. The summed E-state index contributed by atoms with van der Waals surface area (Å²) in [5.74, 6) is 1.55. The van der Waals surface area contributed by atoms with Crippen molar-refractivity contribution in [3.05, 3.63) is 42.0 Å². The van der Waals surface area contributed by atoms with Crippen molar-refractivity contribution in [2.75, 3.05) is 14.2 Å². The molecule has 3 heteroatoms. The van der Waals surface area contributed by atoms with E-state index in [9.17, 15) is 4.79 Å². The fourth-order valence-corrected chi connectivity index (χ4v) is 1.92. The summed E-state index contributed by atoms with van der Waals surface area (Å²) in [5.41, 5.74) is 0.964. The lowest BCUT2D eigenvalue weighted by molar-refractivity contribution is -0.112. The second kappa shape index (κ2) is 5.57. The van der Waals surface area contributed by atoms with Gasteiger partial charge in [-0.1, -0.05) is 18.2 Å². The summed E-state index contributed by atoms with van der Waals surface area (Å²) in [4.78, 5) is 11.0. The van der Waals surface area contributed by atoms with Crippen molar-refractivity contribution in [3.8, 4) is 11.5 Å². The molecular formula is C16H16O3. The fourth-order valence-electron chi connectivity index (χ4n) is 1.92. The summed E-state index contributed by atoms with van der Waals surface area (Å²) in [6.45, 7) is 1.53. The molecule has 2 aromatic carbocycles. The molecule has 0 radical (unpaired) electrons. The molecule has 0 heterocycles. The van der Waals surface area contributed by atoms with Gasteiger partial charge in [-0.25, -0.2) is 0 Å². The molecule has 0 aromatic heterocycles. The van der Waals surface area contributed by atoms with Crippen molar-refractivity contribution < 1.29 is 14.3 Å². The van der Waals surface area contributed by atoms with Crippen LogP contribution >= 0.6 is 0 Å². The molecule has 0 unspecified atom stereocenters. The number of hydrogen-bond acceptors (Lipinski definition) is 3. The van der Waals surface area contributed by atoms with E-state index >= 15 is 0 Å². The van der Waals surface area contributed by atoms with E-state index in [1.165, 1.54) is 6.92 Å². The Morgan fingerprint density at radius 2 is 1.89 bits per heavy atom. The molecule has 0 aliphatic carbocycles. The number of carbonyl (C=O) groups excluding carboxylic acids is 1. The van der Waals surface area contributed by atoms with Crippen LogP contribution in [-0.2, 0) is 4.79 Å². The monoisotopic (exact) mass is 256 g/mol. The molecule has 0 spiro atoms. The van der Waals surface area contributed by atoms with Crippen LogP contribution in [-0.4, -0.2) is 20.0 Å². The van der Waals surface area contributed by atoms with Crippen LogP contribution in [0.15, 0.2) is 36.4 Å². The number of carbonyl (C=O) groups is 1. The van der Waals surface area contributed by atoms with Crippen molar-refractivity contribution in [1.82, 2.24) is 0 Å². The molecule has 0 saturated carbocycles. The molecule has 2 aromatic rings. The molecule has 98 valence electrons. The predicted molar refractivity (Wildman–Crippen MR) is 76.8 cm³/mol. The number of methoxy groups -OCH3 is 2. The zero-order valence-electron chi connectivity index (χ0n) is 11.3. The Bertz CT molecular complexity index is 642. The van der Waals surface area contributed by atoms with Gasteiger partial charge in [0.25, 0.3) is 0 Å². The van der Waals surface area contributed by atoms with Gasteiger partial charge in [-0.05, 0) is 36.1 Å². The van der Waals surface area contributed by atoms with Crippen LogP contribution in [0.2, 0.25) is 0 Å². The van der Waals surface area contributed by atoms with Gasteiger partial charge in [0.15, 0.2) is 5.78 Å². The van der Waals surface area contributed by atoms with Crippen LogP contribution in [0.3, 0.4) is 0 Å². The first-order chi connectivity index (χ1) is 9.13. The number of fused-ring (bicyclic) bond motifs is 1. The Morgan fingerprint density at radius 1 is 1.11 bits per heavy atom. The van der Waals surface area contributed by atoms with E-state index in [0.29, 0.717) is 0 Å². The Hall–Kier alpha value is -2.29. The Morgan fingerprint density at radius 3 is 2.53 bits per heavy atom. The average molecular weight is 256 g/mol. The normalized spacial score (nSPS) is 10.9. The molecule has 0 aliphatic heterocycles. The third-order valence-corrected chi connectivity index (χ3v) is 2.88. The molecule has 0 saturated heterocycles. The lowest BCUT2D eigenvalue weighted by Gasteiger charge is -2.09. The molecule has 3 nitrogen and oxygen atoms in total. The van der Waals surface area contributed by atoms with Crippen LogP contribution in [0.4, 0.5) is 0 Å². The maximum Gasteiger partial charge on any atom is 0.152 e. The number of hydrogen-bond donors (Lipinski definition) is 0. The van der Waals surface area contributed by atoms with Gasteiger partial charge in [0, 0.05) is 11.5 Å². The SMILES string of the molecule is COc1cc(OC)c2cc(C=CC(C)=O)ccc2c1. The number of allylic oxidation sites excluding steroid dienone is 1. The summed E-state index contributed by atoms with van der Waals surface area (Å²) in [6, 6.07) is 9.74. The molecule has 19 heavy (non-hydrogen) atoms. The summed E-state index contributed by atoms with van der Waals surface area (Å²) < 4.78 is 10.6. The largest absolute Gasteiger partial charge is 0.497 e. The maximum absolute atomic E-state index is 11.0. The Balaban J connectivity index is 2.55. The lowest BCUT2D eigenvalue weighted by Crippen LogP contribution is -1.89. The van der Waals surface area contributed by atoms with E-state index in [0.717, 1.165) is 27.8 Å². The van der Waals surface area contributed by atoms with Crippen LogP contribution in [0.5, 0.6) is 11.5 Å². The number of benzene rings is 2. The quantitative estimate of drug-likeness (QED) is 0.786. The van der Waals surface area contributed by atoms with Gasteiger partial charge < -0.3 is 9.47 Å². The summed E-state index contributed by atoms with van der Waals surface area (Å²) in [6.07, 6.45) is 3.35. The van der Waals surface area contributed by atoms with Gasteiger partial charge in [-0.3, -0.25) is 4.79 Å². The summed E-state index contributed by atoms with van der Waals surface area (Å²) >= 11 is 0. The van der Waals surface area contributed by atoms with Gasteiger partial charge in [-0.15, -0.1) is 0 Å². The molecule has 2 rings (SSSR count). The van der Waals surface area contributed by atoms with Gasteiger partial charge in [-0.2, -0.15) is 0 Å². The van der Waals surface area contributed by atoms with E-state index < -0.39 is 0 Å². The highest BCUT2D eigenvalue weighted by atomic mass is 16.5. The second-order valence-electron chi connectivity index (χ2n) is 4.25. The van der Waals surface area contributed by atoms with Crippen LogP contribution in [0.1, 0.15) is 12.5 Å². The van der Waals surface area contributed by atoms with Crippen molar-refractivity contribution in [2.45, 2.75) is 6.92 Å². The van der Waals surface area contributed by atoms with Crippen molar-refractivity contribution in [2.24, 2.45) is 0 Å². The van der Waals surface area contributed by atoms with E-state index in [4.69, 9.17) is 9.47 Å². The molecular weight excluding hydrogens is 240 g/mol. The van der Waals surface area contributed by atoms with Gasteiger partial charge in [0.1, 0.15) is 11.5 Å². The summed E-state index contributed by atoms with van der Waals surface area (Å²) in [7, 11) is 3.26. The third-order valence-electron chi connectivity index (χ3n) is 2.88. The van der Waals surface area contributed by atoms with E-state index in [-0.39, 0.29) is 5.78 Å². The number of rotatable bonds is 4. The average Bonchev–Trinajstić information content (AvgIpc) is 2.43. The van der Waals surface area contributed by atoms with Crippen molar-refractivity contribution in [1.29, 1.82) is 0 Å². The van der Waals surface area contributed by atoms with Gasteiger partial charge in [0.2, 0.25) is 0 Å². The highest BCUT2D eigenvalue weighted by Gasteiger charge is 2.05. The third kappa shape index (κ3) is 2.94. The van der Waals surface area contributed by atoms with Crippen LogP contribution in [0.25, 0.3) is 16.8 Å². The first kappa shape index (κ1) is 13.1. The molecule has 0 fully saturated rings.